The van der Waals surface area contributed by atoms with Crippen LogP contribution in [-0.4, -0.2) is 58.8 Å². The second-order valence-corrected chi connectivity index (χ2v) is 8.50. The van der Waals surface area contributed by atoms with Crippen molar-refractivity contribution in [1.29, 1.82) is 0 Å². The summed E-state index contributed by atoms with van der Waals surface area (Å²) in [5.74, 6) is 2.45. The number of aliphatic imine (C=N–C) groups is 1. The number of hydrogen-bond donors (Lipinski definition) is 3. The fraction of sp³-hybridized carbons (Fsp3) is 0.929. The van der Waals surface area contributed by atoms with Crippen molar-refractivity contribution in [2.75, 3.05) is 44.4 Å². The number of thioether (sulfide) groups is 1. The Morgan fingerprint density at radius 3 is 2.55 bits per heavy atom. The van der Waals surface area contributed by atoms with E-state index in [9.17, 15) is 8.42 Å². The second-order valence-electron chi connectivity index (χ2n) is 5.59. The molecule has 0 unspecified atom stereocenters. The fourth-order valence-electron chi connectivity index (χ4n) is 2.12. The summed E-state index contributed by atoms with van der Waals surface area (Å²) in [6, 6.07) is 0. The molecule has 130 valence electrons. The van der Waals surface area contributed by atoms with Gasteiger partial charge >= 0.3 is 0 Å². The first kappa shape index (κ1) is 19.6. The van der Waals surface area contributed by atoms with Gasteiger partial charge in [-0.25, -0.2) is 13.1 Å². The molecule has 0 amide bonds. The van der Waals surface area contributed by atoms with E-state index in [0.29, 0.717) is 25.0 Å². The molecule has 3 N–H and O–H groups in total. The molecular weight excluding hydrogens is 320 g/mol. The molecule has 0 atom stereocenters. The topological polar surface area (TPSA) is 82.6 Å². The third kappa shape index (κ3) is 8.85. The number of hydrogen-bond acceptors (Lipinski definition) is 4. The van der Waals surface area contributed by atoms with Crippen molar-refractivity contribution >= 4 is 27.7 Å². The molecular formula is C14H30N4O2S2. The Kier molecular flexibility index (Phi) is 9.90. The molecule has 0 aliphatic heterocycles. The Bertz CT molecular complexity index is 423. The van der Waals surface area contributed by atoms with Crippen LogP contribution in [0.5, 0.6) is 0 Å². The summed E-state index contributed by atoms with van der Waals surface area (Å²) in [5.41, 5.74) is 0. The molecule has 0 heterocycles. The molecule has 1 aliphatic rings. The Labute approximate surface area is 139 Å². The zero-order chi connectivity index (χ0) is 16.3. The van der Waals surface area contributed by atoms with Gasteiger partial charge < -0.3 is 10.6 Å². The number of sulfonamides is 1. The molecule has 6 nitrogen and oxygen atoms in total. The lowest BCUT2D eigenvalue weighted by Gasteiger charge is -2.25. The molecule has 1 saturated carbocycles. The highest BCUT2D eigenvalue weighted by molar-refractivity contribution is 7.98. The van der Waals surface area contributed by atoms with Crippen LogP contribution in [0.3, 0.4) is 0 Å². The molecule has 0 saturated heterocycles. The maximum Gasteiger partial charge on any atom is 0.213 e. The maximum atomic E-state index is 11.9. The van der Waals surface area contributed by atoms with Crippen LogP contribution in [-0.2, 0) is 10.0 Å². The van der Waals surface area contributed by atoms with Crippen molar-refractivity contribution in [2.24, 2.45) is 10.9 Å². The third-order valence-electron chi connectivity index (χ3n) is 3.77. The van der Waals surface area contributed by atoms with Gasteiger partial charge in [0.1, 0.15) is 0 Å². The predicted octanol–water partition coefficient (Wildman–Crippen LogP) is 1.01. The van der Waals surface area contributed by atoms with Gasteiger partial charge in [0.2, 0.25) is 10.0 Å². The second kappa shape index (κ2) is 11.1. The number of nitrogens with zero attached hydrogens (tertiary/aromatic N) is 1. The molecule has 1 aliphatic carbocycles. The minimum absolute atomic E-state index is 0.0763. The van der Waals surface area contributed by atoms with E-state index in [-0.39, 0.29) is 5.75 Å². The average molecular weight is 351 g/mol. The van der Waals surface area contributed by atoms with Crippen molar-refractivity contribution in [3.63, 3.8) is 0 Å². The predicted molar refractivity (Wildman–Crippen MR) is 96.1 cm³/mol. The molecule has 0 aromatic rings. The van der Waals surface area contributed by atoms with E-state index >= 15 is 0 Å². The summed E-state index contributed by atoms with van der Waals surface area (Å²) in [6.45, 7) is 1.81. The van der Waals surface area contributed by atoms with Gasteiger partial charge in [0.05, 0.1) is 5.75 Å². The van der Waals surface area contributed by atoms with E-state index in [0.717, 1.165) is 25.8 Å². The van der Waals surface area contributed by atoms with Gasteiger partial charge in [-0.3, -0.25) is 4.99 Å². The van der Waals surface area contributed by atoms with Crippen molar-refractivity contribution in [1.82, 2.24) is 15.4 Å². The van der Waals surface area contributed by atoms with Crippen LogP contribution in [0.25, 0.3) is 0 Å². The molecule has 0 radical (unpaired) electrons. The third-order valence-corrected chi connectivity index (χ3v) is 5.82. The highest BCUT2D eigenvalue weighted by Gasteiger charge is 2.19. The molecule has 22 heavy (non-hydrogen) atoms. The summed E-state index contributed by atoms with van der Waals surface area (Å²) in [5, 5.41) is 6.24. The molecule has 0 bridgehead atoms. The minimum Gasteiger partial charge on any atom is -0.356 e. The number of guanidine groups is 1. The largest absolute Gasteiger partial charge is 0.356 e. The Morgan fingerprint density at radius 1 is 1.23 bits per heavy atom. The van der Waals surface area contributed by atoms with Crippen molar-refractivity contribution < 1.29 is 8.42 Å². The monoisotopic (exact) mass is 350 g/mol. The first-order valence-electron chi connectivity index (χ1n) is 7.98. The fourth-order valence-corrected chi connectivity index (χ4v) is 3.61. The van der Waals surface area contributed by atoms with Gasteiger partial charge in [-0.1, -0.05) is 6.42 Å². The van der Waals surface area contributed by atoms with Crippen LogP contribution in [0.2, 0.25) is 0 Å². The zero-order valence-corrected chi connectivity index (χ0v) is 15.4. The van der Waals surface area contributed by atoms with E-state index in [1.807, 2.05) is 11.8 Å². The van der Waals surface area contributed by atoms with Crippen LogP contribution < -0.4 is 15.4 Å². The van der Waals surface area contributed by atoms with Crippen LogP contribution in [0.1, 0.15) is 32.1 Å². The molecule has 8 heteroatoms. The molecule has 0 aromatic heterocycles. The van der Waals surface area contributed by atoms with Crippen LogP contribution in [0.4, 0.5) is 0 Å². The van der Waals surface area contributed by atoms with E-state index < -0.39 is 10.0 Å². The lowest BCUT2D eigenvalue weighted by atomic mass is 9.86. The lowest BCUT2D eigenvalue weighted by Crippen LogP contribution is -2.42. The standard InChI is InChI=1S/C14H30N4O2S2/c1-15-14(16-8-3-4-10-21-2)17-9-11-22(19,20)18-12-13-6-5-7-13/h13,18H,3-12H2,1-2H3,(H2,15,16,17). The van der Waals surface area contributed by atoms with Crippen molar-refractivity contribution in [3.8, 4) is 0 Å². The van der Waals surface area contributed by atoms with Crippen LogP contribution >= 0.6 is 11.8 Å². The van der Waals surface area contributed by atoms with Gasteiger partial charge in [-0.2, -0.15) is 11.8 Å². The quantitative estimate of drug-likeness (QED) is 0.294. The number of unbranched alkanes of at least 4 members (excludes halogenated alkanes) is 1. The Balaban J connectivity index is 2.11. The highest BCUT2D eigenvalue weighted by atomic mass is 32.2. The van der Waals surface area contributed by atoms with Gasteiger partial charge in [-0.05, 0) is 43.6 Å². The zero-order valence-electron chi connectivity index (χ0n) is 13.7. The van der Waals surface area contributed by atoms with Gasteiger partial charge in [0.25, 0.3) is 0 Å². The van der Waals surface area contributed by atoms with Gasteiger partial charge in [0.15, 0.2) is 5.96 Å². The number of nitrogens with one attached hydrogen (secondary N) is 3. The summed E-state index contributed by atoms with van der Waals surface area (Å²) in [7, 11) is -1.49. The lowest BCUT2D eigenvalue weighted by molar-refractivity contribution is 0.316. The summed E-state index contributed by atoms with van der Waals surface area (Å²) < 4.78 is 26.4. The molecule has 0 aromatic carbocycles. The number of rotatable bonds is 11. The SMILES string of the molecule is CN=C(NCCCCSC)NCCS(=O)(=O)NCC1CCC1. The van der Waals surface area contributed by atoms with Gasteiger partial charge in [0, 0.05) is 26.7 Å². The van der Waals surface area contributed by atoms with Crippen LogP contribution in [0, 0.1) is 5.92 Å². The smallest absolute Gasteiger partial charge is 0.213 e. The van der Waals surface area contributed by atoms with Gasteiger partial charge in [-0.15, -0.1) is 0 Å². The van der Waals surface area contributed by atoms with E-state index in [1.165, 1.54) is 18.6 Å². The first-order chi connectivity index (χ1) is 10.6. The molecule has 1 fully saturated rings. The summed E-state index contributed by atoms with van der Waals surface area (Å²) >= 11 is 1.85. The maximum absolute atomic E-state index is 11.9. The average Bonchev–Trinajstić information content (AvgIpc) is 2.43. The highest BCUT2D eigenvalue weighted by Crippen LogP contribution is 2.25. The molecule has 1 rings (SSSR count). The Hall–Kier alpha value is -0.470. The Morgan fingerprint density at radius 2 is 1.95 bits per heavy atom. The van der Waals surface area contributed by atoms with E-state index in [2.05, 4.69) is 26.6 Å². The van der Waals surface area contributed by atoms with Crippen molar-refractivity contribution in [3.05, 3.63) is 0 Å². The minimum atomic E-state index is -3.19. The normalized spacial score (nSPS) is 16.4. The van der Waals surface area contributed by atoms with E-state index in [1.54, 1.807) is 7.05 Å². The van der Waals surface area contributed by atoms with E-state index in [4.69, 9.17) is 0 Å². The van der Waals surface area contributed by atoms with Crippen molar-refractivity contribution in [2.45, 2.75) is 32.1 Å². The summed E-state index contributed by atoms with van der Waals surface area (Å²) in [4.78, 5) is 4.10. The van der Waals surface area contributed by atoms with Crippen LogP contribution in [0.15, 0.2) is 4.99 Å². The first-order valence-corrected chi connectivity index (χ1v) is 11.0. The summed E-state index contributed by atoms with van der Waals surface area (Å²) in [6.07, 6.45) is 7.88. The molecule has 0 spiro atoms.